The predicted molar refractivity (Wildman–Crippen MR) is 58.2 cm³/mol. The number of hydrogen-bond acceptors (Lipinski definition) is 2. The SMILES string of the molecule is COc1ccc2c(c1)C(CC(=O)O)CC2[NH3+]. The van der Waals surface area contributed by atoms with Crippen molar-refractivity contribution < 1.29 is 20.4 Å². The zero-order valence-electron chi connectivity index (χ0n) is 9.27. The normalized spacial score (nSPS) is 22.9. The molecule has 0 fully saturated rings. The topological polar surface area (TPSA) is 74.2 Å². The molecule has 1 aliphatic carbocycles. The smallest absolute Gasteiger partial charge is 0.303 e. The van der Waals surface area contributed by atoms with Gasteiger partial charge in [0.2, 0.25) is 0 Å². The molecular formula is C12H16NO3+. The predicted octanol–water partition coefficient (Wildman–Crippen LogP) is 0.940. The molecule has 4 heteroatoms. The first kappa shape index (κ1) is 11.0. The maximum absolute atomic E-state index is 10.8. The van der Waals surface area contributed by atoms with Crippen molar-refractivity contribution in [2.24, 2.45) is 0 Å². The van der Waals surface area contributed by atoms with Crippen molar-refractivity contribution in [3.8, 4) is 5.75 Å². The van der Waals surface area contributed by atoms with Crippen LogP contribution in [-0.2, 0) is 4.79 Å². The van der Waals surface area contributed by atoms with Crippen molar-refractivity contribution in [2.75, 3.05) is 7.11 Å². The van der Waals surface area contributed by atoms with Gasteiger partial charge in [-0.2, -0.15) is 0 Å². The fraction of sp³-hybridized carbons (Fsp3) is 0.417. The van der Waals surface area contributed by atoms with E-state index in [1.807, 2.05) is 18.2 Å². The number of ether oxygens (including phenoxy) is 1. The van der Waals surface area contributed by atoms with Crippen molar-refractivity contribution in [1.82, 2.24) is 0 Å². The summed E-state index contributed by atoms with van der Waals surface area (Å²) in [6.45, 7) is 0. The second-order valence-corrected chi connectivity index (χ2v) is 4.22. The molecule has 4 N–H and O–H groups in total. The lowest BCUT2D eigenvalue weighted by molar-refractivity contribution is -0.426. The Morgan fingerprint density at radius 3 is 2.94 bits per heavy atom. The summed E-state index contributed by atoms with van der Waals surface area (Å²) < 4.78 is 5.16. The Morgan fingerprint density at radius 1 is 1.56 bits per heavy atom. The summed E-state index contributed by atoms with van der Waals surface area (Å²) >= 11 is 0. The summed E-state index contributed by atoms with van der Waals surface area (Å²) in [5, 5.41) is 8.86. The average Bonchev–Trinajstić information content (AvgIpc) is 2.54. The monoisotopic (exact) mass is 222 g/mol. The number of fused-ring (bicyclic) bond motifs is 1. The third-order valence-electron chi connectivity index (χ3n) is 3.16. The van der Waals surface area contributed by atoms with Crippen LogP contribution in [-0.4, -0.2) is 18.2 Å². The molecule has 2 atom stereocenters. The second kappa shape index (κ2) is 4.14. The summed E-state index contributed by atoms with van der Waals surface area (Å²) in [5.74, 6) is 0.0983. The highest BCUT2D eigenvalue weighted by molar-refractivity contribution is 5.68. The third kappa shape index (κ3) is 1.88. The van der Waals surface area contributed by atoms with Crippen LogP contribution >= 0.6 is 0 Å². The van der Waals surface area contributed by atoms with Crippen LogP contribution in [0.15, 0.2) is 18.2 Å². The van der Waals surface area contributed by atoms with E-state index < -0.39 is 5.97 Å². The van der Waals surface area contributed by atoms with Crippen LogP contribution in [0, 0.1) is 0 Å². The molecular weight excluding hydrogens is 206 g/mol. The largest absolute Gasteiger partial charge is 0.497 e. The summed E-state index contributed by atoms with van der Waals surface area (Å²) in [6, 6.07) is 6.03. The van der Waals surface area contributed by atoms with Crippen molar-refractivity contribution in [2.45, 2.75) is 24.8 Å². The quantitative estimate of drug-likeness (QED) is 0.799. The molecule has 86 valence electrons. The van der Waals surface area contributed by atoms with E-state index in [1.54, 1.807) is 7.11 Å². The van der Waals surface area contributed by atoms with Gasteiger partial charge in [0, 0.05) is 17.9 Å². The number of aliphatic carboxylic acids is 1. The number of hydrogen-bond donors (Lipinski definition) is 2. The summed E-state index contributed by atoms with van der Waals surface area (Å²) in [5.41, 5.74) is 6.30. The molecule has 2 unspecified atom stereocenters. The molecule has 0 bridgehead atoms. The van der Waals surface area contributed by atoms with Crippen LogP contribution in [0.2, 0.25) is 0 Å². The molecule has 0 radical (unpaired) electrons. The lowest BCUT2D eigenvalue weighted by Crippen LogP contribution is -2.52. The van der Waals surface area contributed by atoms with Gasteiger partial charge in [0.1, 0.15) is 11.8 Å². The zero-order valence-corrected chi connectivity index (χ0v) is 9.27. The van der Waals surface area contributed by atoms with Gasteiger partial charge in [-0.3, -0.25) is 4.79 Å². The second-order valence-electron chi connectivity index (χ2n) is 4.22. The average molecular weight is 222 g/mol. The number of rotatable bonds is 3. The van der Waals surface area contributed by atoms with E-state index >= 15 is 0 Å². The minimum atomic E-state index is -0.757. The molecule has 0 heterocycles. The first-order chi connectivity index (χ1) is 7.61. The highest BCUT2D eigenvalue weighted by Crippen LogP contribution is 2.41. The maximum atomic E-state index is 10.8. The van der Waals surface area contributed by atoms with Gasteiger partial charge in [-0.1, -0.05) is 0 Å². The molecule has 1 aromatic rings. The summed E-state index contributed by atoms with van der Waals surface area (Å²) in [7, 11) is 1.62. The van der Waals surface area contributed by atoms with E-state index in [0.29, 0.717) is 0 Å². The zero-order chi connectivity index (χ0) is 11.7. The van der Waals surface area contributed by atoms with E-state index in [9.17, 15) is 4.79 Å². The standard InChI is InChI=1S/C12H15NO3/c1-16-8-2-3-9-10(6-8)7(4-11(9)13)5-12(14)15/h2-3,6-7,11H,4-5,13H2,1H3,(H,14,15)/p+1. The van der Waals surface area contributed by atoms with Crippen LogP contribution < -0.4 is 10.5 Å². The lowest BCUT2D eigenvalue weighted by Gasteiger charge is -2.08. The van der Waals surface area contributed by atoms with E-state index in [4.69, 9.17) is 9.84 Å². The Labute approximate surface area is 94.0 Å². The van der Waals surface area contributed by atoms with Crippen LogP contribution in [0.4, 0.5) is 0 Å². The van der Waals surface area contributed by atoms with Crippen LogP contribution in [0.1, 0.15) is 35.9 Å². The van der Waals surface area contributed by atoms with Gasteiger partial charge in [-0.05, 0) is 23.8 Å². The van der Waals surface area contributed by atoms with Crippen LogP contribution in [0.25, 0.3) is 0 Å². The number of methoxy groups -OCH3 is 1. The molecule has 0 amide bonds. The molecule has 1 aromatic carbocycles. The lowest BCUT2D eigenvalue weighted by atomic mass is 9.98. The first-order valence-corrected chi connectivity index (χ1v) is 5.34. The molecule has 0 saturated carbocycles. The third-order valence-corrected chi connectivity index (χ3v) is 3.16. The van der Waals surface area contributed by atoms with E-state index in [1.165, 1.54) is 0 Å². The molecule has 4 nitrogen and oxygen atoms in total. The Balaban J connectivity index is 2.34. The highest BCUT2D eigenvalue weighted by Gasteiger charge is 2.32. The molecule has 0 saturated heterocycles. The Hall–Kier alpha value is -1.55. The van der Waals surface area contributed by atoms with Crippen molar-refractivity contribution in [1.29, 1.82) is 0 Å². The molecule has 16 heavy (non-hydrogen) atoms. The van der Waals surface area contributed by atoms with Crippen LogP contribution in [0.3, 0.4) is 0 Å². The maximum Gasteiger partial charge on any atom is 0.303 e. The Kier molecular flexibility index (Phi) is 2.83. The van der Waals surface area contributed by atoms with Gasteiger partial charge in [0.05, 0.1) is 13.5 Å². The van der Waals surface area contributed by atoms with E-state index in [0.717, 1.165) is 23.3 Å². The fourth-order valence-electron chi connectivity index (χ4n) is 2.41. The van der Waals surface area contributed by atoms with Crippen molar-refractivity contribution >= 4 is 5.97 Å². The summed E-state index contributed by atoms with van der Waals surface area (Å²) in [4.78, 5) is 10.8. The number of carboxylic acids is 1. The first-order valence-electron chi connectivity index (χ1n) is 5.34. The number of benzene rings is 1. The van der Waals surface area contributed by atoms with Gasteiger partial charge >= 0.3 is 5.97 Å². The van der Waals surface area contributed by atoms with E-state index in [-0.39, 0.29) is 18.4 Å². The minimum absolute atomic E-state index is 0.0742. The number of carboxylic acid groups (broad SMARTS) is 1. The highest BCUT2D eigenvalue weighted by atomic mass is 16.5. The Morgan fingerprint density at radius 2 is 2.31 bits per heavy atom. The number of quaternary nitrogens is 1. The molecule has 0 aromatic heterocycles. The molecule has 0 aliphatic heterocycles. The molecule has 2 rings (SSSR count). The van der Waals surface area contributed by atoms with Gasteiger partial charge < -0.3 is 15.6 Å². The van der Waals surface area contributed by atoms with Gasteiger partial charge in [-0.15, -0.1) is 0 Å². The van der Waals surface area contributed by atoms with Crippen LogP contribution in [0.5, 0.6) is 5.75 Å². The molecule has 1 aliphatic rings. The van der Waals surface area contributed by atoms with Gasteiger partial charge in [0.15, 0.2) is 0 Å². The van der Waals surface area contributed by atoms with Gasteiger partial charge in [0.25, 0.3) is 0 Å². The number of carbonyl (C=O) groups is 1. The Bertz CT molecular complexity index is 417. The minimum Gasteiger partial charge on any atom is -0.497 e. The van der Waals surface area contributed by atoms with E-state index in [2.05, 4.69) is 5.73 Å². The van der Waals surface area contributed by atoms with Gasteiger partial charge in [-0.25, -0.2) is 0 Å². The molecule has 0 spiro atoms. The summed E-state index contributed by atoms with van der Waals surface area (Å²) in [6.07, 6.45) is 0.987. The fourth-order valence-corrected chi connectivity index (χ4v) is 2.41. The van der Waals surface area contributed by atoms with Crippen molar-refractivity contribution in [3.05, 3.63) is 29.3 Å². The van der Waals surface area contributed by atoms with Crippen molar-refractivity contribution in [3.63, 3.8) is 0 Å².